The van der Waals surface area contributed by atoms with Crippen molar-refractivity contribution in [3.05, 3.63) is 44.6 Å². The number of benzene rings is 1. The third kappa shape index (κ3) is 2.71. The smallest absolute Gasteiger partial charge is 0.119 e. The third-order valence-electron chi connectivity index (χ3n) is 3.98. The van der Waals surface area contributed by atoms with Crippen molar-refractivity contribution in [1.29, 1.82) is 0 Å². The summed E-state index contributed by atoms with van der Waals surface area (Å²) in [6, 6.07) is 8.34. The van der Waals surface area contributed by atoms with Crippen molar-refractivity contribution in [3.63, 3.8) is 0 Å². The monoisotopic (exact) mass is 390 g/mol. The number of aromatic amines is 1. The zero-order chi connectivity index (χ0) is 15.8. The Morgan fingerprint density at radius 1 is 1.30 bits per heavy atom. The number of H-pyrrole nitrogens is 1. The predicted octanol–water partition coefficient (Wildman–Crippen LogP) is 4.50. The molecule has 118 valence electrons. The maximum atomic E-state index is 5.71. The highest BCUT2D eigenvalue weighted by atomic mass is 79.9. The number of hydrogen-bond acceptors (Lipinski definition) is 4. The average molecular weight is 391 g/mol. The quantitative estimate of drug-likeness (QED) is 0.510. The summed E-state index contributed by atoms with van der Waals surface area (Å²) in [5.41, 5.74) is 7.08. The van der Waals surface area contributed by atoms with Gasteiger partial charge >= 0.3 is 0 Å². The predicted molar refractivity (Wildman–Crippen MR) is 95.2 cm³/mol. The molecular weight excluding hydrogens is 376 g/mol. The molecule has 0 saturated carbocycles. The zero-order valence-corrected chi connectivity index (χ0v) is 15.0. The van der Waals surface area contributed by atoms with Gasteiger partial charge in [0.2, 0.25) is 0 Å². The van der Waals surface area contributed by atoms with Crippen molar-refractivity contribution < 1.29 is 9.47 Å². The Kier molecular flexibility index (Phi) is 3.97. The van der Waals surface area contributed by atoms with Crippen LogP contribution in [0.25, 0.3) is 22.5 Å². The molecule has 1 aromatic carbocycles. The topological polar surface area (TPSA) is 47.1 Å². The molecule has 0 unspecified atom stereocenters. The summed E-state index contributed by atoms with van der Waals surface area (Å²) in [6.45, 7) is 1.16. The first kappa shape index (κ1) is 14.9. The Labute approximate surface area is 146 Å². The summed E-state index contributed by atoms with van der Waals surface area (Å²) in [7, 11) is 1.68. The molecule has 0 fully saturated rings. The minimum absolute atomic E-state index is 0.566. The number of aromatic nitrogens is 2. The molecule has 0 spiro atoms. The summed E-state index contributed by atoms with van der Waals surface area (Å²) in [5, 5.41) is 9.84. The van der Waals surface area contributed by atoms with Crippen LogP contribution in [0.5, 0.6) is 5.75 Å². The number of fused-ring (bicyclic) bond motifs is 3. The summed E-state index contributed by atoms with van der Waals surface area (Å²) in [4.78, 5) is 0. The van der Waals surface area contributed by atoms with Gasteiger partial charge in [-0.25, -0.2) is 0 Å². The highest BCUT2D eigenvalue weighted by molar-refractivity contribution is 9.11. The molecule has 4 rings (SSSR count). The van der Waals surface area contributed by atoms with Crippen molar-refractivity contribution in [3.8, 4) is 28.3 Å². The van der Waals surface area contributed by atoms with Gasteiger partial charge in [-0.2, -0.15) is 5.10 Å². The van der Waals surface area contributed by atoms with Crippen molar-refractivity contribution in [2.75, 3.05) is 20.3 Å². The van der Waals surface area contributed by atoms with E-state index in [-0.39, 0.29) is 0 Å². The van der Waals surface area contributed by atoms with Gasteiger partial charge in [-0.15, -0.1) is 11.3 Å². The number of ether oxygens (including phenoxy) is 2. The van der Waals surface area contributed by atoms with E-state index in [1.165, 1.54) is 16.7 Å². The fourth-order valence-corrected chi connectivity index (χ4v) is 4.06. The van der Waals surface area contributed by atoms with Crippen LogP contribution in [0.2, 0.25) is 0 Å². The van der Waals surface area contributed by atoms with Crippen molar-refractivity contribution in [1.82, 2.24) is 10.2 Å². The summed E-state index contributed by atoms with van der Waals surface area (Å²) < 4.78 is 11.8. The molecule has 0 aliphatic heterocycles. The largest absolute Gasteiger partial charge is 0.491 e. The van der Waals surface area contributed by atoms with Crippen LogP contribution in [0.3, 0.4) is 0 Å². The van der Waals surface area contributed by atoms with E-state index in [1.54, 1.807) is 18.4 Å². The van der Waals surface area contributed by atoms with E-state index in [4.69, 9.17) is 9.47 Å². The summed E-state index contributed by atoms with van der Waals surface area (Å²) in [6.07, 6.45) is 0.880. The zero-order valence-electron chi connectivity index (χ0n) is 12.6. The second-order valence-corrected chi connectivity index (χ2v) is 7.69. The number of nitrogens with zero attached hydrogens (tertiary/aromatic N) is 1. The standard InChI is InChI=1S/C17H15BrN2O2S/c1-21-4-5-22-12-2-3-13-10(6-12)7-14-16(19-20-17(13)14)11-8-15(18)23-9-11/h2-3,6,8-9H,4-5,7H2,1H3,(H,19,20). The summed E-state index contributed by atoms with van der Waals surface area (Å²) >= 11 is 5.20. The molecule has 2 aromatic heterocycles. The molecule has 6 heteroatoms. The third-order valence-corrected chi connectivity index (χ3v) is 5.48. The minimum Gasteiger partial charge on any atom is -0.491 e. The average Bonchev–Trinajstić information content (AvgIpc) is 3.22. The fourth-order valence-electron chi connectivity index (χ4n) is 2.92. The Morgan fingerprint density at radius 2 is 2.22 bits per heavy atom. The summed E-state index contributed by atoms with van der Waals surface area (Å²) in [5.74, 6) is 0.888. The van der Waals surface area contributed by atoms with E-state index in [9.17, 15) is 0 Å². The lowest BCUT2D eigenvalue weighted by molar-refractivity contribution is 0.146. The van der Waals surface area contributed by atoms with Gasteiger partial charge in [-0.3, -0.25) is 5.10 Å². The van der Waals surface area contributed by atoms with Crippen LogP contribution in [0.4, 0.5) is 0 Å². The van der Waals surface area contributed by atoms with Crippen LogP contribution in [0.15, 0.2) is 33.4 Å². The van der Waals surface area contributed by atoms with Crippen molar-refractivity contribution >= 4 is 27.3 Å². The molecule has 4 nitrogen and oxygen atoms in total. The molecule has 0 saturated heterocycles. The second-order valence-electron chi connectivity index (χ2n) is 5.40. The van der Waals surface area contributed by atoms with Gasteiger partial charge < -0.3 is 9.47 Å². The van der Waals surface area contributed by atoms with Crippen LogP contribution in [0.1, 0.15) is 11.1 Å². The number of thiophene rings is 1. The van der Waals surface area contributed by atoms with E-state index in [2.05, 4.69) is 49.7 Å². The molecular formula is C17H15BrN2O2S. The molecule has 3 aromatic rings. The van der Waals surface area contributed by atoms with E-state index in [0.29, 0.717) is 13.2 Å². The molecule has 23 heavy (non-hydrogen) atoms. The van der Waals surface area contributed by atoms with Gasteiger partial charge in [0.25, 0.3) is 0 Å². The van der Waals surface area contributed by atoms with Crippen LogP contribution < -0.4 is 4.74 Å². The van der Waals surface area contributed by atoms with Crippen LogP contribution in [-0.4, -0.2) is 30.5 Å². The molecule has 1 aliphatic rings. The first-order valence-corrected chi connectivity index (χ1v) is 9.00. The Hall–Kier alpha value is -1.63. The highest BCUT2D eigenvalue weighted by Crippen LogP contribution is 2.42. The molecule has 1 aliphatic carbocycles. The van der Waals surface area contributed by atoms with Crippen LogP contribution in [0, 0.1) is 0 Å². The SMILES string of the molecule is COCCOc1ccc2c(c1)Cc1c(-c3csc(Br)c3)n[nH]c1-2. The second kappa shape index (κ2) is 6.11. The van der Waals surface area contributed by atoms with E-state index in [1.807, 2.05) is 6.07 Å². The van der Waals surface area contributed by atoms with E-state index < -0.39 is 0 Å². The fraction of sp³-hybridized carbons (Fsp3) is 0.235. The molecule has 0 radical (unpaired) electrons. The van der Waals surface area contributed by atoms with Gasteiger partial charge in [-0.1, -0.05) is 0 Å². The van der Waals surface area contributed by atoms with Gasteiger partial charge in [0.05, 0.1) is 21.8 Å². The normalized spacial score (nSPS) is 12.3. The minimum atomic E-state index is 0.566. The Balaban J connectivity index is 1.63. The number of methoxy groups -OCH3 is 1. The Bertz CT molecular complexity index is 856. The lowest BCUT2D eigenvalue weighted by Crippen LogP contribution is -2.04. The highest BCUT2D eigenvalue weighted by Gasteiger charge is 2.25. The van der Waals surface area contributed by atoms with Crippen LogP contribution in [-0.2, 0) is 11.2 Å². The molecule has 0 bridgehead atoms. The number of hydrogen-bond donors (Lipinski definition) is 1. The molecule has 1 N–H and O–H groups in total. The lowest BCUT2D eigenvalue weighted by atomic mass is 10.1. The number of halogens is 1. The van der Waals surface area contributed by atoms with E-state index >= 15 is 0 Å². The number of nitrogens with one attached hydrogen (secondary N) is 1. The lowest BCUT2D eigenvalue weighted by Gasteiger charge is -2.07. The number of rotatable bonds is 5. The maximum absolute atomic E-state index is 5.71. The van der Waals surface area contributed by atoms with Gasteiger partial charge in [-0.05, 0) is 45.8 Å². The van der Waals surface area contributed by atoms with Crippen molar-refractivity contribution in [2.45, 2.75) is 6.42 Å². The first-order chi connectivity index (χ1) is 11.3. The molecule has 0 atom stereocenters. The molecule has 0 amide bonds. The van der Waals surface area contributed by atoms with Gasteiger partial charge in [0, 0.05) is 35.6 Å². The molecule has 2 heterocycles. The van der Waals surface area contributed by atoms with E-state index in [0.717, 1.165) is 32.9 Å². The van der Waals surface area contributed by atoms with Gasteiger partial charge in [0.15, 0.2) is 0 Å². The maximum Gasteiger partial charge on any atom is 0.119 e. The van der Waals surface area contributed by atoms with Gasteiger partial charge in [0.1, 0.15) is 12.4 Å². The van der Waals surface area contributed by atoms with Crippen LogP contribution >= 0.6 is 27.3 Å². The Morgan fingerprint density at radius 3 is 3.00 bits per heavy atom. The first-order valence-electron chi connectivity index (χ1n) is 7.33. The van der Waals surface area contributed by atoms with Crippen molar-refractivity contribution in [2.24, 2.45) is 0 Å².